The maximum absolute atomic E-state index is 12.5. The van der Waals surface area contributed by atoms with Crippen LogP contribution in [0, 0.1) is 0 Å². The highest BCUT2D eigenvalue weighted by atomic mass is 16.1. The van der Waals surface area contributed by atoms with Gasteiger partial charge in [0.25, 0.3) is 5.91 Å². The van der Waals surface area contributed by atoms with Crippen LogP contribution in [0.5, 0.6) is 0 Å². The number of nitrogens with zero attached hydrogens (tertiary/aromatic N) is 5. The van der Waals surface area contributed by atoms with Crippen LogP contribution in [0.4, 0.5) is 5.69 Å². The van der Waals surface area contributed by atoms with Crippen molar-refractivity contribution in [2.75, 3.05) is 11.9 Å². The molecule has 1 aliphatic rings. The number of carbonyl (C=O) groups excluding carboxylic acids is 1. The van der Waals surface area contributed by atoms with Crippen LogP contribution in [0.25, 0.3) is 11.4 Å². The SMILES string of the molecule is Cn1nnnc1-c1cccc(NC(=O)c2n[nH]c3c2CNCC3)c1. The van der Waals surface area contributed by atoms with Crippen LogP contribution in [-0.2, 0) is 20.0 Å². The quantitative estimate of drug-likeness (QED) is 0.646. The molecule has 0 spiro atoms. The van der Waals surface area contributed by atoms with Crippen molar-refractivity contribution in [1.82, 2.24) is 35.7 Å². The molecule has 1 aliphatic heterocycles. The molecule has 0 radical (unpaired) electrons. The molecule has 0 saturated heterocycles. The second kappa shape index (κ2) is 5.85. The third-order valence-corrected chi connectivity index (χ3v) is 4.02. The maximum atomic E-state index is 12.5. The summed E-state index contributed by atoms with van der Waals surface area (Å²) in [6.45, 7) is 1.54. The summed E-state index contributed by atoms with van der Waals surface area (Å²) in [5.41, 5.74) is 3.89. The Hall–Kier alpha value is -3.07. The predicted molar refractivity (Wildman–Crippen MR) is 86.2 cm³/mol. The van der Waals surface area contributed by atoms with Gasteiger partial charge in [0.05, 0.1) is 0 Å². The first-order valence-corrected chi connectivity index (χ1v) is 7.63. The van der Waals surface area contributed by atoms with Crippen molar-refractivity contribution in [3.63, 3.8) is 0 Å². The van der Waals surface area contributed by atoms with E-state index in [1.807, 2.05) is 24.3 Å². The van der Waals surface area contributed by atoms with Crippen LogP contribution in [-0.4, -0.2) is 42.9 Å². The smallest absolute Gasteiger partial charge is 0.276 e. The van der Waals surface area contributed by atoms with E-state index in [9.17, 15) is 4.79 Å². The van der Waals surface area contributed by atoms with Gasteiger partial charge in [-0.25, -0.2) is 4.68 Å². The average Bonchev–Trinajstić information content (AvgIpc) is 3.21. The number of aromatic nitrogens is 6. The minimum absolute atomic E-state index is 0.232. The van der Waals surface area contributed by atoms with Crippen molar-refractivity contribution >= 4 is 11.6 Å². The van der Waals surface area contributed by atoms with E-state index in [1.54, 1.807) is 11.7 Å². The largest absolute Gasteiger partial charge is 0.321 e. The van der Waals surface area contributed by atoms with Crippen LogP contribution in [0.2, 0.25) is 0 Å². The normalized spacial score (nSPS) is 13.5. The summed E-state index contributed by atoms with van der Waals surface area (Å²) < 4.78 is 1.58. The summed E-state index contributed by atoms with van der Waals surface area (Å²) in [4.78, 5) is 12.5. The number of rotatable bonds is 3. The molecule has 1 aromatic carbocycles. The van der Waals surface area contributed by atoms with Crippen molar-refractivity contribution in [2.45, 2.75) is 13.0 Å². The zero-order valence-corrected chi connectivity index (χ0v) is 13.1. The summed E-state index contributed by atoms with van der Waals surface area (Å²) in [6.07, 6.45) is 0.851. The number of anilines is 1. The molecule has 0 bridgehead atoms. The summed E-state index contributed by atoms with van der Waals surface area (Å²) >= 11 is 0. The number of hydrogen-bond acceptors (Lipinski definition) is 6. The number of aryl methyl sites for hydroxylation is 1. The number of nitrogens with one attached hydrogen (secondary N) is 3. The Kier molecular flexibility index (Phi) is 3.54. The molecule has 1 amide bonds. The van der Waals surface area contributed by atoms with Gasteiger partial charge in [0.1, 0.15) is 0 Å². The molecular formula is C15H16N8O. The summed E-state index contributed by atoms with van der Waals surface area (Å²) in [5.74, 6) is 0.400. The van der Waals surface area contributed by atoms with E-state index >= 15 is 0 Å². The van der Waals surface area contributed by atoms with Gasteiger partial charge in [-0.3, -0.25) is 9.89 Å². The monoisotopic (exact) mass is 324 g/mol. The minimum Gasteiger partial charge on any atom is -0.321 e. The van der Waals surface area contributed by atoms with Gasteiger partial charge in [-0.15, -0.1) is 5.10 Å². The number of H-pyrrole nitrogens is 1. The van der Waals surface area contributed by atoms with E-state index in [4.69, 9.17) is 0 Å². The molecule has 9 nitrogen and oxygen atoms in total. The highest BCUT2D eigenvalue weighted by Gasteiger charge is 2.21. The molecule has 0 aliphatic carbocycles. The second-order valence-electron chi connectivity index (χ2n) is 5.62. The van der Waals surface area contributed by atoms with Gasteiger partial charge >= 0.3 is 0 Å². The Balaban J connectivity index is 1.58. The predicted octanol–water partition coefficient (Wildman–Crippen LogP) is 0.498. The van der Waals surface area contributed by atoms with Crippen LogP contribution in [0.3, 0.4) is 0 Å². The molecular weight excluding hydrogens is 308 g/mol. The fourth-order valence-electron chi connectivity index (χ4n) is 2.81. The molecule has 9 heteroatoms. The third-order valence-electron chi connectivity index (χ3n) is 4.02. The van der Waals surface area contributed by atoms with Gasteiger partial charge < -0.3 is 10.6 Å². The fraction of sp³-hybridized carbons (Fsp3) is 0.267. The first-order valence-electron chi connectivity index (χ1n) is 7.63. The lowest BCUT2D eigenvalue weighted by Crippen LogP contribution is -2.25. The van der Waals surface area contributed by atoms with E-state index in [0.717, 1.165) is 29.8 Å². The van der Waals surface area contributed by atoms with Gasteiger partial charge in [-0.1, -0.05) is 12.1 Å². The van der Waals surface area contributed by atoms with E-state index in [2.05, 4.69) is 36.4 Å². The first-order chi connectivity index (χ1) is 11.7. The zero-order chi connectivity index (χ0) is 16.5. The van der Waals surface area contributed by atoms with Crippen LogP contribution < -0.4 is 10.6 Å². The number of hydrogen-bond donors (Lipinski definition) is 3. The van der Waals surface area contributed by atoms with E-state index in [1.165, 1.54) is 0 Å². The number of aromatic amines is 1. The Bertz CT molecular complexity index is 897. The van der Waals surface area contributed by atoms with Gasteiger partial charge in [-0.05, 0) is 22.6 Å². The Morgan fingerprint density at radius 1 is 1.38 bits per heavy atom. The van der Waals surface area contributed by atoms with Crippen molar-refractivity contribution in [2.24, 2.45) is 7.05 Å². The molecule has 0 atom stereocenters. The molecule has 3 N–H and O–H groups in total. The second-order valence-corrected chi connectivity index (χ2v) is 5.62. The fourth-order valence-corrected chi connectivity index (χ4v) is 2.81. The topological polar surface area (TPSA) is 113 Å². The van der Waals surface area contributed by atoms with Gasteiger partial charge in [0.2, 0.25) is 0 Å². The number of benzene rings is 1. The lowest BCUT2D eigenvalue weighted by molar-refractivity contribution is 0.102. The zero-order valence-electron chi connectivity index (χ0n) is 13.1. The highest BCUT2D eigenvalue weighted by molar-refractivity contribution is 6.04. The summed E-state index contributed by atoms with van der Waals surface area (Å²) in [7, 11) is 1.77. The summed E-state index contributed by atoms with van der Waals surface area (Å²) in [6, 6.07) is 7.40. The van der Waals surface area contributed by atoms with Crippen molar-refractivity contribution < 1.29 is 4.79 Å². The van der Waals surface area contributed by atoms with Crippen LogP contribution in [0.1, 0.15) is 21.7 Å². The standard InChI is InChI=1S/C15H16N8O/c1-23-14(20-21-22-23)9-3-2-4-10(7-9)17-15(24)13-11-8-16-6-5-12(11)18-19-13/h2-4,7,16H,5-6,8H2,1H3,(H,17,24)(H,18,19). The van der Waals surface area contributed by atoms with Gasteiger partial charge in [0.15, 0.2) is 11.5 Å². The number of tetrazole rings is 1. The Morgan fingerprint density at radius 2 is 2.29 bits per heavy atom. The molecule has 3 heterocycles. The van der Waals surface area contributed by atoms with E-state index in [-0.39, 0.29) is 5.91 Å². The van der Waals surface area contributed by atoms with Crippen LogP contribution in [0.15, 0.2) is 24.3 Å². The molecule has 4 rings (SSSR count). The minimum atomic E-state index is -0.232. The van der Waals surface area contributed by atoms with Gasteiger partial charge in [0, 0.05) is 49.1 Å². The highest BCUT2D eigenvalue weighted by Crippen LogP contribution is 2.21. The number of fused-ring (bicyclic) bond motifs is 1. The number of amides is 1. The molecule has 2 aromatic heterocycles. The number of carbonyl (C=O) groups is 1. The molecule has 0 fully saturated rings. The molecule has 122 valence electrons. The van der Waals surface area contributed by atoms with Crippen molar-refractivity contribution in [1.29, 1.82) is 0 Å². The third kappa shape index (κ3) is 2.54. The lowest BCUT2D eigenvalue weighted by Gasteiger charge is -2.13. The molecule has 3 aromatic rings. The summed E-state index contributed by atoms with van der Waals surface area (Å²) in [5, 5.41) is 24.7. The molecule has 0 unspecified atom stereocenters. The van der Waals surface area contributed by atoms with Crippen LogP contribution >= 0.6 is 0 Å². The van der Waals surface area contributed by atoms with Crippen molar-refractivity contribution in [3.8, 4) is 11.4 Å². The molecule has 24 heavy (non-hydrogen) atoms. The van der Waals surface area contributed by atoms with Gasteiger partial charge in [-0.2, -0.15) is 5.10 Å². The Morgan fingerprint density at radius 3 is 3.12 bits per heavy atom. The van der Waals surface area contributed by atoms with E-state index in [0.29, 0.717) is 23.8 Å². The van der Waals surface area contributed by atoms with E-state index < -0.39 is 0 Å². The van der Waals surface area contributed by atoms with Crippen molar-refractivity contribution in [3.05, 3.63) is 41.2 Å². The Labute approximate surface area is 137 Å². The first kappa shape index (κ1) is 14.5. The lowest BCUT2D eigenvalue weighted by atomic mass is 10.1. The molecule has 0 saturated carbocycles. The maximum Gasteiger partial charge on any atom is 0.276 e. The average molecular weight is 324 g/mol.